The quantitative estimate of drug-likeness (QED) is 0.923. The minimum Gasteiger partial charge on any atom is -0.478 e. The molecule has 2 aliphatic carbocycles. The monoisotopic (exact) mass is 270 g/mol. The summed E-state index contributed by atoms with van der Waals surface area (Å²) < 4.78 is 2.23. The second-order valence-corrected chi connectivity index (χ2v) is 6.17. The molecule has 0 spiro atoms. The van der Waals surface area contributed by atoms with Crippen LogP contribution in [0.4, 0.5) is 0 Å². The zero-order valence-electron chi connectivity index (χ0n) is 11.5. The summed E-state index contributed by atoms with van der Waals surface area (Å²) in [4.78, 5) is 16.3. The highest BCUT2D eigenvalue weighted by Gasteiger charge is 2.36. The molecule has 4 rings (SSSR count). The number of aromatic nitrogens is 2. The number of hydrogen-bond donors (Lipinski definition) is 1. The van der Waals surface area contributed by atoms with Crippen molar-refractivity contribution in [3.05, 3.63) is 29.6 Å². The molecule has 0 saturated heterocycles. The van der Waals surface area contributed by atoms with Crippen molar-refractivity contribution in [2.45, 2.75) is 44.6 Å². The molecule has 0 aliphatic heterocycles. The topological polar surface area (TPSA) is 55.1 Å². The lowest BCUT2D eigenvalue weighted by Crippen LogP contribution is -2.12. The van der Waals surface area contributed by atoms with Crippen molar-refractivity contribution in [3.8, 4) is 0 Å². The van der Waals surface area contributed by atoms with Crippen molar-refractivity contribution in [1.29, 1.82) is 0 Å². The molecule has 4 nitrogen and oxygen atoms in total. The van der Waals surface area contributed by atoms with Gasteiger partial charge >= 0.3 is 5.97 Å². The summed E-state index contributed by atoms with van der Waals surface area (Å²) in [5.74, 6) is 1.46. The summed E-state index contributed by atoms with van der Waals surface area (Å²) in [5, 5.41) is 9.47. The number of benzene rings is 1. The zero-order chi connectivity index (χ0) is 13.9. The number of fused-ring (bicyclic) bond motifs is 1. The molecule has 20 heavy (non-hydrogen) atoms. The number of carboxylic acids is 1. The van der Waals surface area contributed by atoms with Crippen molar-refractivity contribution < 1.29 is 9.90 Å². The van der Waals surface area contributed by atoms with Crippen LogP contribution in [-0.4, -0.2) is 20.6 Å². The van der Waals surface area contributed by atoms with Gasteiger partial charge in [-0.3, -0.25) is 0 Å². The third-order valence-corrected chi connectivity index (χ3v) is 4.62. The van der Waals surface area contributed by atoms with Gasteiger partial charge in [0, 0.05) is 12.0 Å². The number of nitrogens with zero attached hydrogens (tertiary/aromatic N) is 2. The van der Waals surface area contributed by atoms with Gasteiger partial charge < -0.3 is 9.67 Å². The maximum atomic E-state index is 11.5. The molecule has 1 N–H and O–H groups in total. The lowest BCUT2D eigenvalue weighted by molar-refractivity contribution is 0.0698. The van der Waals surface area contributed by atoms with E-state index in [0.717, 1.165) is 16.9 Å². The molecular formula is C16H18N2O2. The fourth-order valence-corrected chi connectivity index (χ4v) is 3.17. The molecule has 104 valence electrons. The first kappa shape index (κ1) is 11.9. The van der Waals surface area contributed by atoms with E-state index in [4.69, 9.17) is 4.98 Å². The number of carboxylic acid groups (broad SMARTS) is 1. The molecule has 2 saturated carbocycles. The molecule has 0 bridgehead atoms. The summed E-state index contributed by atoms with van der Waals surface area (Å²) >= 11 is 0. The van der Waals surface area contributed by atoms with Crippen molar-refractivity contribution in [2.75, 3.05) is 0 Å². The minimum absolute atomic E-state index is 0.357. The summed E-state index contributed by atoms with van der Waals surface area (Å²) in [6.45, 7) is 2.21. The Hall–Kier alpha value is -1.84. The Morgan fingerprint density at radius 3 is 2.70 bits per heavy atom. The Balaban J connectivity index is 1.99. The van der Waals surface area contributed by atoms with E-state index in [1.807, 2.05) is 6.07 Å². The third-order valence-electron chi connectivity index (χ3n) is 4.62. The van der Waals surface area contributed by atoms with Crippen LogP contribution in [0.2, 0.25) is 0 Å². The van der Waals surface area contributed by atoms with E-state index in [1.165, 1.54) is 25.7 Å². The van der Waals surface area contributed by atoms with Crippen LogP contribution in [0.3, 0.4) is 0 Å². The average molecular weight is 270 g/mol. The van der Waals surface area contributed by atoms with E-state index in [9.17, 15) is 9.90 Å². The van der Waals surface area contributed by atoms with Crippen molar-refractivity contribution in [1.82, 2.24) is 9.55 Å². The van der Waals surface area contributed by atoms with Crippen LogP contribution in [0.25, 0.3) is 11.0 Å². The molecule has 1 atom stereocenters. The fourth-order valence-electron chi connectivity index (χ4n) is 3.17. The van der Waals surface area contributed by atoms with Gasteiger partial charge in [0.25, 0.3) is 0 Å². The number of rotatable bonds is 4. The fraction of sp³-hybridized carbons (Fsp3) is 0.500. The lowest BCUT2D eigenvalue weighted by atomic mass is 10.1. The predicted octanol–water partition coefficient (Wildman–Crippen LogP) is 3.58. The van der Waals surface area contributed by atoms with E-state index >= 15 is 0 Å². The first-order chi connectivity index (χ1) is 9.66. The zero-order valence-corrected chi connectivity index (χ0v) is 11.5. The average Bonchev–Trinajstić information content (AvgIpc) is 3.32. The van der Waals surface area contributed by atoms with Crippen LogP contribution in [0.5, 0.6) is 0 Å². The summed E-state index contributed by atoms with van der Waals surface area (Å²) in [6, 6.07) is 5.78. The van der Waals surface area contributed by atoms with Crippen LogP contribution in [0, 0.1) is 5.92 Å². The van der Waals surface area contributed by atoms with Crippen molar-refractivity contribution in [3.63, 3.8) is 0 Å². The van der Waals surface area contributed by atoms with Crippen molar-refractivity contribution in [2.24, 2.45) is 5.92 Å². The van der Waals surface area contributed by atoms with Gasteiger partial charge in [0.1, 0.15) is 5.82 Å². The highest BCUT2D eigenvalue weighted by Crippen LogP contribution is 2.46. The Kier molecular flexibility index (Phi) is 2.43. The summed E-state index contributed by atoms with van der Waals surface area (Å²) in [6.07, 6.45) is 4.87. The van der Waals surface area contributed by atoms with Gasteiger partial charge in [-0.25, -0.2) is 9.78 Å². The van der Waals surface area contributed by atoms with Gasteiger partial charge in [0.05, 0.1) is 16.6 Å². The minimum atomic E-state index is -0.859. The number of aromatic carboxylic acids is 1. The summed E-state index contributed by atoms with van der Waals surface area (Å²) in [5.41, 5.74) is 2.04. The molecular weight excluding hydrogens is 252 g/mol. The second-order valence-electron chi connectivity index (χ2n) is 6.17. The van der Waals surface area contributed by atoms with E-state index < -0.39 is 5.97 Å². The van der Waals surface area contributed by atoms with Crippen LogP contribution in [0.15, 0.2) is 18.2 Å². The number of para-hydroxylation sites is 1. The van der Waals surface area contributed by atoms with Crippen molar-refractivity contribution >= 4 is 17.0 Å². The normalized spacial score (nSPS) is 20.2. The molecule has 0 amide bonds. The number of hydrogen-bond acceptors (Lipinski definition) is 2. The van der Waals surface area contributed by atoms with Gasteiger partial charge in [-0.15, -0.1) is 0 Å². The Bertz CT molecular complexity index is 696. The molecule has 1 aromatic carbocycles. The van der Waals surface area contributed by atoms with Crippen LogP contribution in [-0.2, 0) is 0 Å². The van der Waals surface area contributed by atoms with Gasteiger partial charge in [-0.1, -0.05) is 6.07 Å². The maximum absolute atomic E-state index is 11.5. The Morgan fingerprint density at radius 2 is 2.10 bits per heavy atom. The van der Waals surface area contributed by atoms with Gasteiger partial charge in [-0.2, -0.15) is 0 Å². The van der Waals surface area contributed by atoms with Gasteiger partial charge in [0.15, 0.2) is 0 Å². The molecule has 4 heteroatoms. The van der Waals surface area contributed by atoms with E-state index in [-0.39, 0.29) is 0 Å². The molecule has 1 unspecified atom stereocenters. The first-order valence-electron chi connectivity index (χ1n) is 7.41. The smallest absolute Gasteiger partial charge is 0.337 e. The van der Waals surface area contributed by atoms with Gasteiger partial charge in [0.2, 0.25) is 0 Å². The maximum Gasteiger partial charge on any atom is 0.337 e. The highest BCUT2D eigenvalue weighted by molar-refractivity contribution is 6.01. The molecule has 1 aromatic heterocycles. The van der Waals surface area contributed by atoms with Crippen LogP contribution in [0.1, 0.15) is 60.7 Å². The van der Waals surface area contributed by atoms with E-state index in [1.54, 1.807) is 12.1 Å². The van der Waals surface area contributed by atoms with Crippen LogP contribution >= 0.6 is 0 Å². The van der Waals surface area contributed by atoms with Crippen LogP contribution < -0.4 is 0 Å². The second kappa shape index (κ2) is 4.08. The number of carbonyl (C=O) groups is 1. The van der Waals surface area contributed by atoms with Gasteiger partial charge in [-0.05, 0) is 50.7 Å². The SMILES string of the molecule is CC(C1CC1)n1c(C2CC2)nc2cccc(C(=O)O)c21. The molecule has 2 aliphatic rings. The number of imidazole rings is 1. The largest absolute Gasteiger partial charge is 0.478 e. The highest BCUT2D eigenvalue weighted by atomic mass is 16.4. The molecule has 2 aromatic rings. The third kappa shape index (κ3) is 1.74. The van der Waals surface area contributed by atoms with E-state index in [2.05, 4.69) is 11.5 Å². The lowest BCUT2D eigenvalue weighted by Gasteiger charge is -2.17. The summed E-state index contributed by atoms with van der Waals surface area (Å²) in [7, 11) is 0. The predicted molar refractivity (Wildman–Crippen MR) is 76.1 cm³/mol. The Labute approximate surface area is 117 Å². The molecule has 1 heterocycles. The first-order valence-corrected chi connectivity index (χ1v) is 7.41. The van der Waals surface area contributed by atoms with E-state index in [0.29, 0.717) is 23.4 Å². The standard InChI is InChI=1S/C16H18N2O2/c1-9(10-5-6-10)18-14-12(16(19)20)3-2-4-13(14)17-15(18)11-7-8-11/h2-4,9-11H,5-8H2,1H3,(H,19,20). The molecule has 0 radical (unpaired) electrons. The molecule has 2 fully saturated rings. The Morgan fingerprint density at radius 1 is 1.35 bits per heavy atom.